The molecule has 0 bridgehead atoms. The molecule has 0 fully saturated rings. The molecule has 138 valence electrons. The molecule has 3 rings (SSSR count). The van der Waals surface area contributed by atoms with Gasteiger partial charge in [-0.3, -0.25) is 9.59 Å². The van der Waals surface area contributed by atoms with Crippen LogP contribution in [0.4, 0.5) is 4.79 Å². The van der Waals surface area contributed by atoms with Crippen LogP contribution < -0.4 is 11.0 Å². The fourth-order valence-electron chi connectivity index (χ4n) is 2.53. The van der Waals surface area contributed by atoms with Gasteiger partial charge in [-0.25, -0.2) is 15.2 Å². The number of benzene rings is 2. The number of amides is 1. The molecule has 3 aromatic rings. The van der Waals surface area contributed by atoms with Crippen LogP contribution in [0.3, 0.4) is 0 Å². The van der Waals surface area contributed by atoms with Crippen molar-refractivity contribution in [2.75, 3.05) is 5.43 Å². The van der Waals surface area contributed by atoms with Gasteiger partial charge in [0.05, 0.1) is 17.3 Å². The number of aryl methyl sites for hydroxylation is 1. The molecule has 8 heteroatoms. The molecule has 1 aromatic heterocycles. The molecular formula is C19H17N3O5. The number of carbonyl (C=O) groups is 2. The number of hydrogen-bond donors (Lipinski definition) is 2. The first kappa shape index (κ1) is 18.1. The second kappa shape index (κ2) is 8.13. The van der Waals surface area contributed by atoms with E-state index in [-0.39, 0.29) is 25.3 Å². The van der Waals surface area contributed by atoms with Crippen LogP contribution in [0.1, 0.15) is 17.8 Å². The minimum absolute atomic E-state index is 0.0195. The number of nitrogens with one attached hydrogen (secondary N) is 1. The molecule has 1 amide bonds. The Morgan fingerprint density at radius 2 is 1.78 bits per heavy atom. The molecule has 0 spiro atoms. The summed E-state index contributed by atoms with van der Waals surface area (Å²) < 4.78 is 6.07. The Bertz CT molecular complexity index is 1030. The second-order valence-corrected chi connectivity index (χ2v) is 5.75. The predicted molar refractivity (Wildman–Crippen MR) is 97.9 cm³/mol. The summed E-state index contributed by atoms with van der Waals surface area (Å²) >= 11 is 0. The van der Waals surface area contributed by atoms with Crippen molar-refractivity contribution >= 4 is 23.0 Å². The fraction of sp³-hybridized carbons (Fsp3) is 0.158. The second-order valence-electron chi connectivity index (χ2n) is 5.75. The van der Waals surface area contributed by atoms with E-state index in [1.807, 2.05) is 18.2 Å². The lowest BCUT2D eigenvalue weighted by Gasteiger charge is -2.14. The third-order valence-electron chi connectivity index (χ3n) is 3.82. The topological polar surface area (TPSA) is 111 Å². The highest BCUT2D eigenvalue weighted by Crippen LogP contribution is 2.09. The number of hydrogen-bond acceptors (Lipinski definition) is 5. The third-order valence-corrected chi connectivity index (χ3v) is 3.82. The molecule has 0 aliphatic carbocycles. The Hall–Kier alpha value is -3.68. The lowest BCUT2D eigenvalue weighted by atomic mass is 10.2. The molecule has 0 aliphatic heterocycles. The van der Waals surface area contributed by atoms with Crippen LogP contribution >= 0.6 is 0 Å². The van der Waals surface area contributed by atoms with E-state index in [0.717, 1.165) is 10.2 Å². The first-order chi connectivity index (χ1) is 13.0. The van der Waals surface area contributed by atoms with Gasteiger partial charge in [-0.15, -0.1) is 0 Å². The minimum atomic E-state index is -1.03. The quantitative estimate of drug-likeness (QED) is 0.692. The summed E-state index contributed by atoms with van der Waals surface area (Å²) in [5.41, 5.74) is 3.07. The van der Waals surface area contributed by atoms with E-state index in [4.69, 9.17) is 9.84 Å². The van der Waals surface area contributed by atoms with Gasteiger partial charge in [0.1, 0.15) is 12.4 Å². The van der Waals surface area contributed by atoms with Crippen molar-refractivity contribution in [1.82, 2.24) is 9.66 Å². The highest BCUT2D eigenvalue weighted by atomic mass is 16.6. The van der Waals surface area contributed by atoms with Gasteiger partial charge in [0.15, 0.2) is 0 Å². The van der Waals surface area contributed by atoms with Crippen LogP contribution in [-0.4, -0.2) is 26.8 Å². The van der Waals surface area contributed by atoms with E-state index in [2.05, 4.69) is 10.4 Å². The zero-order valence-corrected chi connectivity index (χ0v) is 14.3. The molecule has 0 radical (unpaired) electrons. The molecule has 0 saturated heterocycles. The molecule has 8 nitrogen and oxygen atoms in total. The number of carbonyl (C=O) groups excluding carboxylic acids is 1. The molecular weight excluding hydrogens is 350 g/mol. The van der Waals surface area contributed by atoms with Crippen molar-refractivity contribution in [2.45, 2.75) is 19.4 Å². The van der Waals surface area contributed by atoms with Crippen molar-refractivity contribution in [2.24, 2.45) is 0 Å². The smallest absolute Gasteiger partial charge is 0.426 e. The van der Waals surface area contributed by atoms with Crippen LogP contribution in [0.5, 0.6) is 0 Å². The zero-order valence-electron chi connectivity index (χ0n) is 14.3. The molecule has 0 saturated carbocycles. The van der Waals surface area contributed by atoms with Crippen molar-refractivity contribution < 1.29 is 19.4 Å². The van der Waals surface area contributed by atoms with Crippen molar-refractivity contribution in [3.8, 4) is 0 Å². The average Bonchev–Trinajstić information content (AvgIpc) is 2.68. The van der Waals surface area contributed by atoms with E-state index in [9.17, 15) is 14.4 Å². The number of rotatable bonds is 6. The molecule has 2 N–H and O–H groups in total. The zero-order chi connectivity index (χ0) is 19.2. The van der Waals surface area contributed by atoms with Gasteiger partial charge in [0.25, 0.3) is 5.56 Å². The van der Waals surface area contributed by atoms with E-state index in [1.165, 1.54) is 0 Å². The number of fused-ring (bicyclic) bond motifs is 1. The van der Waals surface area contributed by atoms with Gasteiger partial charge in [0.2, 0.25) is 0 Å². The van der Waals surface area contributed by atoms with Gasteiger partial charge < -0.3 is 9.84 Å². The molecule has 1 heterocycles. The van der Waals surface area contributed by atoms with E-state index < -0.39 is 17.6 Å². The Labute approximate surface area is 154 Å². The first-order valence-corrected chi connectivity index (χ1v) is 8.25. The predicted octanol–water partition coefficient (Wildman–Crippen LogP) is 2.29. The van der Waals surface area contributed by atoms with Crippen molar-refractivity contribution in [1.29, 1.82) is 0 Å². The van der Waals surface area contributed by atoms with E-state index >= 15 is 0 Å². The Morgan fingerprint density at radius 1 is 1.07 bits per heavy atom. The average molecular weight is 367 g/mol. The van der Waals surface area contributed by atoms with Gasteiger partial charge in [-0.1, -0.05) is 42.5 Å². The summed E-state index contributed by atoms with van der Waals surface area (Å²) in [5, 5.41) is 9.22. The summed E-state index contributed by atoms with van der Waals surface area (Å²) in [7, 11) is 0. The van der Waals surface area contributed by atoms with Crippen molar-refractivity contribution in [3.05, 3.63) is 76.3 Å². The summed E-state index contributed by atoms with van der Waals surface area (Å²) in [6, 6.07) is 15.7. The lowest BCUT2D eigenvalue weighted by Crippen LogP contribution is -2.36. The van der Waals surface area contributed by atoms with Crippen LogP contribution in [0, 0.1) is 0 Å². The summed E-state index contributed by atoms with van der Waals surface area (Å²) in [4.78, 5) is 40.0. The normalized spacial score (nSPS) is 10.5. The summed E-state index contributed by atoms with van der Waals surface area (Å²) in [6.45, 7) is 0.0346. The minimum Gasteiger partial charge on any atom is -0.481 e. The Morgan fingerprint density at radius 3 is 2.52 bits per heavy atom. The Balaban J connectivity index is 1.85. The van der Waals surface area contributed by atoms with Crippen LogP contribution in [0.25, 0.3) is 10.9 Å². The van der Waals surface area contributed by atoms with Crippen LogP contribution in [0.2, 0.25) is 0 Å². The van der Waals surface area contributed by atoms with E-state index in [0.29, 0.717) is 10.9 Å². The van der Waals surface area contributed by atoms with Gasteiger partial charge in [-0.2, -0.15) is 4.68 Å². The molecule has 0 unspecified atom stereocenters. The number of aromatic nitrogens is 2. The van der Waals surface area contributed by atoms with Crippen LogP contribution in [0.15, 0.2) is 59.4 Å². The van der Waals surface area contributed by atoms with E-state index in [1.54, 1.807) is 36.4 Å². The number of carboxylic acid groups (broad SMARTS) is 1. The number of ether oxygens (including phenoxy) is 1. The highest BCUT2D eigenvalue weighted by Gasteiger charge is 2.15. The van der Waals surface area contributed by atoms with Gasteiger partial charge >= 0.3 is 12.1 Å². The molecule has 0 atom stereocenters. The summed E-state index contributed by atoms with van der Waals surface area (Å²) in [5.74, 6) is -0.895. The monoisotopic (exact) mass is 367 g/mol. The number of nitrogens with zero attached hydrogens (tertiary/aromatic N) is 2. The molecule has 0 aliphatic rings. The number of aliphatic carboxylic acids is 1. The van der Waals surface area contributed by atoms with Crippen molar-refractivity contribution in [3.63, 3.8) is 0 Å². The fourth-order valence-corrected chi connectivity index (χ4v) is 2.53. The maximum Gasteiger partial charge on any atom is 0.426 e. The molecule has 27 heavy (non-hydrogen) atoms. The number of carboxylic acids is 1. The maximum absolute atomic E-state index is 12.7. The maximum atomic E-state index is 12.7. The summed E-state index contributed by atoms with van der Waals surface area (Å²) in [6.07, 6.45) is -1.09. The van der Waals surface area contributed by atoms with Gasteiger partial charge in [-0.05, 0) is 17.7 Å². The molecule has 2 aromatic carbocycles. The van der Waals surface area contributed by atoms with Crippen LogP contribution in [-0.2, 0) is 22.6 Å². The Kier molecular flexibility index (Phi) is 5.46. The van der Waals surface area contributed by atoms with Gasteiger partial charge in [0, 0.05) is 6.42 Å². The highest BCUT2D eigenvalue weighted by molar-refractivity contribution is 5.79. The SMILES string of the molecule is O=C(O)CCc1nc2ccccc2c(=O)n1NC(=O)OCc1ccccc1. The first-order valence-electron chi connectivity index (χ1n) is 8.25. The lowest BCUT2D eigenvalue weighted by molar-refractivity contribution is -0.137. The largest absolute Gasteiger partial charge is 0.481 e. The standard InChI is InChI=1S/C19H17N3O5/c23-17(24)11-10-16-20-15-9-5-4-8-14(15)18(25)22(16)21-19(26)27-12-13-6-2-1-3-7-13/h1-9H,10-12H2,(H,21,26)(H,23,24). The number of para-hydroxylation sites is 1. The third kappa shape index (κ3) is 4.49.